The number of aliphatic hydroxyl groups excluding tert-OH is 1. The standard InChI is InChI=1S/C13H17N3O2S/c1-18-12-7-3-2-6-11(12)16-10-14-15-13(16)19-9-5-4-8-17/h2-3,6-7,10,17H,4-5,8-9H2,1H3. The van der Waals surface area contributed by atoms with Gasteiger partial charge in [0.05, 0.1) is 12.8 Å². The van der Waals surface area contributed by atoms with Crippen molar-refractivity contribution in [1.82, 2.24) is 14.8 Å². The average molecular weight is 279 g/mol. The second-order valence-corrected chi connectivity index (χ2v) is 5.00. The van der Waals surface area contributed by atoms with E-state index >= 15 is 0 Å². The molecular weight excluding hydrogens is 262 g/mol. The molecule has 0 aliphatic carbocycles. The van der Waals surface area contributed by atoms with Gasteiger partial charge in [-0.3, -0.25) is 4.57 Å². The molecule has 0 saturated heterocycles. The Balaban J connectivity index is 2.14. The number of hydrogen-bond acceptors (Lipinski definition) is 5. The van der Waals surface area contributed by atoms with Crippen molar-refractivity contribution < 1.29 is 9.84 Å². The number of hydrogen-bond donors (Lipinski definition) is 1. The number of benzene rings is 1. The van der Waals surface area contributed by atoms with E-state index in [0.29, 0.717) is 0 Å². The Hall–Kier alpha value is -1.53. The summed E-state index contributed by atoms with van der Waals surface area (Å²) in [6, 6.07) is 7.77. The number of methoxy groups -OCH3 is 1. The fourth-order valence-corrected chi connectivity index (χ4v) is 2.61. The maximum absolute atomic E-state index is 8.77. The molecule has 2 rings (SSSR count). The molecule has 1 N–H and O–H groups in total. The Bertz CT molecular complexity index is 516. The minimum absolute atomic E-state index is 0.236. The third-order valence-corrected chi connectivity index (χ3v) is 3.67. The monoisotopic (exact) mass is 279 g/mol. The summed E-state index contributed by atoms with van der Waals surface area (Å²) < 4.78 is 7.27. The lowest BCUT2D eigenvalue weighted by atomic mass is 10.3. The van der Waals surface area contributed by atoms with Crippen LogP contribution in [-0.4, -0.2) is 39.3 Å². The Morgan fingerprint density at radius 2 is 2.16 bits per heavy atom. The second kappa shape index (κ2) is 7.16. The molecule has 2 aromatic rings. The number of aliphatic hydroxyl groups is 1. The maximum Gasteiger partial charge on any atom is 0.195 e. The molecule has 0 radical (unpaired) electrons. The summed E-state index contributed by atoms with van der Waals surface area (Å²) in [7, 11) is 1.65. The number of para-hydroxylation sites is 2. The van der Waals surface area contributed by atoms with E-state index in [1.165, 1.54) is 0 Å². The largest absolute Gasteiger partial charge is 0.495 e. The van der Waals surface area contributed by atoms with E-state index in [9.17, 15) is 0 Å². The van der Waals surface area contributed by atoms with Crippen molar-refractivity contribution in [2.24, 2.45) is 0 Å². The molecule has 0 spiro atoms. The molecule has 0 fully saturated rings. The second-order valence-electron chi connectivity index (χ2n) is 3.93. The van der Waals surface area contributed by atoms with Crippen LogP contribution >= 0.6 is 11.8 Å². The molecule has 6 heteroatoms. The highest BCUT2D eigenvalue weighted by molar-refractivity contribution is 7.99. The molecule has 5 nitrogen and oxygen atoms in total. The highest BCUT2D eigenvalue weighted by Gasteiger charge is 2.10. The third-order valence-electron chi connectivity index (χ3n) is 2.64. The van der Waals surface area contributed by atoms with Crippen LogP contribution in [0.5, 0.6) is 5.75 Å². The molecule has 0 bridgehead atoms. The van der Waals surface area contributed by atoms with Gasteiger partial charge in [-0.25, -0.2) is 0 Å². The van der Waals surface area contributed by atoms with Crippen LogP contribution in [0, 0.1) is 0 Å². The van der Waals surface area contributed by atoms with Crippen LogP contribution in [0.25, 0.3) is 5.69 Å². The number of thioether (sulfide) groups is 1. The summed E-state index contributed by atoms with van der Waals surface area (Å²) in [5, 5.41) is 17.7. The van der Waals surface area contributed by atoms with Crippen LogP contribution in [-0.2, 0) is 0 Å². The van der Waals surface area contributed by atoms with Crippen molar-refractivity contribution in [1.29, 1.82) is 0 Å². The predicted octanol–water partition coefficient (Wildman–Crippen LogP) is 2.14. The molecule has 0 atom stereocenters. The molecule has 0 aliphatic rings. The fourth-order valence-electron chi connectivity index (χ4n) is 1.69. The predicted molar refractivity (Wildman–Crippen MR) is 75.0 cm³/mol. The van der Waals surface area contributed by atoms with Gasteiger partial charge in [0.1, 0.15) is 12.1 Å². The van der Waals surface area contributed by atoms with Crippen molar-refractivity contribution in [3.63, 3.8) is 0 Å². The van der Waals surface area contributed by atoms with Gasteiger partial charge in [0.15, 0.2) is 5.16 Å². The molecule has 102 valence electrons. The van der Waals surface area contributed by atoms with E-state index < -0.39 is 0 Å². The van der Waals surface area contributed by atoms with E-state index in [2.05, 4.69) is 10.2 Å². The lowest BCUT2D eigenvalue weighted by molar-refractivity contribution is 0.287. The van der Waals surface area contributed by atoms with E-state index in [4.69, 9.17) is 9.84 Å². The number of nitrogens with zero attached hydrogens (tertiary/aromatic N) is 3. The van der Waals surface area contributed by atoms with Gasteiger partial charge in [0.25, 0.3) is 0 Å². The average Bonchev–Trinajstić information content (AvgIpc) is 2.92. The van der Waals surface area contributed by atoms with E-state index in [-0.39, 0.29) is 6.61 Å². The summed E-state index contributed by atoms with van der Waals surface area (Å²) in [5.41, 5.74) is 0.930. The zero-order valence-electron chi connectivity index (χ0n) is 10.8. The van der Waals surface area contributed by atoms with Gasteiger partial charge in [-0.1, -0.05) is 23.9 Å². The molecular formula is C13H17N3O2S. The minimum Gasteiger partial charge on any atom is -0.495 e. The van der Waals surface area contributed by atoms with Gasteiger partial charge in [-0.2, -0.15) is 0 Å². The van der Waals surface area contributed by atoms with Crippen LogP contribution in [0.2, 0.25) is 0 Å². The smallest absolute Gasteiger partial charge is 0.195 e. The zero-order chi connectivity index (χ0) is 13.5. The van der Waals surface area contributed by atoms with Crippen LogP contribution in [0.1, 0.15) is 12.8 Å². The molecule has 1 aromatic heterocycles. The van der Waals surface area contributed by atoms with Gasteiger partial charge in [-0.15, -0.1) is 10.2 Å². The van der Waals surface area contributed by atoms with E-state index in [1.54, 1.807) is 25.2 Å². The van der Waals surface area contributed by atoms with Crippen molar-refractivity contribution >= 4 is 11.8 Å². The van der Waals surface area contributed by atoms with E-state index in [0.717, 1.165) is 35.2 Å². The van der Waals surface area contributed by atoms with Crippen molar-refractivity contribution in [2.75, 3.05) is 19.5 Å². The summed E-state index contributed by atoms with van der Waals surface area (Å²) in [4.78, 5) is 0. The number of ether oxygens (including phenoxy) is 1. The maximum atomic E-state index is 8.77. The van der Waals surface area contributed by atoms with Crippen LogP contribution in [0.15, 0.2) is 35.7 Å². The SMILES string of the molecule is COc1ccccc1-n1cnnc1SCCCCO. The zero-order valence-corrected chi connectivity index (χ0v) is 11.6. The normalized spacial score (nSPS) is 10.6. The van der Waals surface area contributed by atoms with Gasteiger partial charge >= 0.3 is 0 Å². The fraction of sp³-hybridized carbons (Fsp3) is 0.385. The molecule has 0 unspecified atom stereocenters. The quantitative estimate of drug-likeness (QED) is 0.621. The van der Waals surface area contributed by atoms with Crippen LogP contribution < -0.4 is 4.74 Å². The molecule has 0 amide bonds. The van der Waals surface area contributed by atoms with Gasteiger partial charge in [0.2, 0.25) is 0 Å². The topological polar surface area (TPSA) is 60.2 Å². The molecule has 19 heavy (non-hydrogen) atoms. The first-order valence-corrected chi connectivity index (χ1v) is 7.12. The third kappa shape index (κ3) is 3.48. The minimum atomic E-state index is 0.236. The first-order valence-electron chi connectivity index (χ1n) is 6.14. The lowest BCUT2D eigenvalue weighted by Crippen LogP contribution is -1.99. The number of unbranched alkanes of at least 4 members (excludes halogenated alkanes) is 1. The Kier molecular flexibility index (Phi) is 5.23. The van der Waals surface area contributed by atoms with Gasteiger partial charge in [-0.05, 0) is 25.0 Å². The van der Waals surface area contributed by atoms with Gasteiger partial charge in [0, 0.05) is 12.4 Å². The number of rotatable bonds is 7. The van der Waals surface area contributed by atoms with Gasteiger partial charge < -0.3 is 9.84 Å². The van der Waals surface area contributed by atoms with Crippen LogP contribution in [0.4, 0.5) is 0 Å². The highest BCUT2D eigenvalue weighted by Crippen LogP contribution is 2.26. The molecule has 1 heterocycles. The summed E-state index contributed by atoms with van der Waals surface area (Å²) in [6.07, 6.45) is 3.46. The number of aromatic nitrogens is 3. The lowest BCUT2D eigenvalue weighted by Gasteiger charge is -2.10. The highest BCUT2D eigenvalue weighted by atomic mass is 32.2. The van der Waals surface area contributed by atoms with Crippen molar-refractivity contribution in [3.05, 3.63) is 30.6 Å². The van der Waals surface area contributed by atoms with Crippen molar-refractivity contribution in [3.8, 4) is 11.4 Å². The van der Waals surface area contributed by atoms with Crippen molar-refractivity contribution in [2.45, 2.75) is 18.0 Å². The summed E-state index contributed by atoms with van der Waals surface area (Å²) in [5.74, 6) is 1.70. The van der Waals surface area contributed by atoms with Crippen LogP contribution in [0.3, 0.4) is 0 Å². The van der Waals surface area contributed by atoms with E-state index in [1.807, 2.05) is 28.8 Å². The molecule has 0 aliphatic heterocycles. The Morgan fingerprint density at radius 1 is 1.32 bits per heavy atom. The molecule has 0 saturated carbocycles. The molecule has 1 aromatic carbocycles. The summed E-state index contributed by atoms with van der Waals surface area (Å²) >= 11 is 1.63. The Morgan fingerprint density at radius 3 is 2.95 bits per heavy atom. The Labute approximate surface area is 116 Å². The summed E-state index contributed by atoms with van der Waals surface area (Å²) in [6.45, 7) is 0.236. The first kappa shape index (κ1) is 13.9. The first-order chi connectivity index (χ1) is 9.36.